The molecule has 0 amide bonds. The number of nitrogens with two attached hydrogens (primary N) is 1. The number of rotatable bonds is 4. The number of nitriles is 1. The first kappa shape index (κ1) is 22.0. The van der Waals surface area contributed by atoms with Crippen molar-refractivity contribution in [2.45, 2.75) is 44.4 Å². The van der Waals surface area contributed by atoms with Gasteiger partial charge in [0.25, 0.3) is 0 Å². The van der Waals surface area contributed by atoms with Crippen LogP contribution in [0.4, 0.5) is 5.69 Å². The lowest BCUT2D eigenvalue weighted by molar-refractivity contribution is -0.118. The molecule has 1 atom stereocenters. The molecule has 0 spiro atoms. The monoisotopic (exact) mass is 469 g/mol. The molecule has 0 bridgehead atoms. The van der Waals surface area contributed by atoms with E-state index in [4.69, 9.17) is 17.3 Å². The number of nitrogens with zero attached hydrogens (tertiary/aromatic N) is 2. The van der Waals surface area contributed by atoms with Crippen LogP contribution in [0, 0.1) is 16.7 Å². The van der Waals surface area contributed by atoms with Crippen LogP contribution in [0.2, 0.25) is 5.02 Å². The van der Waals surface area contributed by atoms with Crippen molar-refractivity contribution in [1.82, 2.24) is 0 Å². The van der Waals surface area contributed by atoms with E-state index in [1.165, 1.54) is 0 Å². The summed E-state index contributed by atoms with van der Waals surface area (Å²) in [6.07, 6.45) is 1.16. The van der Waals surface area contributed by atoms with Crippen molar-refractivity contribution in [3.63, 3.8) is 0 Å². The highest BCUT2D eigenvalue weighted by atomic mass is 35.5. The van der Waals surface area contributed by atoms with Gasteiger partial charge in [-0.25, -0.2) is 0 Å². The summed E-state index contributed by atoms with van der Waals surface area (Å²) < 4.78 is 0. The van der Waals surface area contributed by atoms with E-state index in [1.54, 1.807) is 35.2 Å². The maximum absolute atomic E-state index is 13.5. The van der Waals surface area contributed by atoms with Gasteiger partial charge in [-0.05, 0) is 53.3 Å². The van der Waals surface area contributed by atoms with Gasteiger partial charge in [-0.3, -0.25) is 9.69 Å². The molecule has 1 aromatic heterocycles. The molecule has 160 valence electrons. The Labute approximate surface area is 196 Å². The van der Waals surface area contributed by atoms with Gasteiger partial charge in [0.2, 0.25) is 0 Å². The Kier molecular flexibility index (Phi) is 5.95. The molecule has 0 saturated heterocycles. The quantitative estimate of drug-likeness (QED) is 0.520. The second-order valence-electron chi connectivity index (χ2n) is 8.54. The lowest BCUT2D eigenvalue weighted by atomic mass is 9.69. The van der Waals surface area contributed by atoms with Gasteiger partial charge in [-0.1, -0.05) is 32.4 Å². The van der Waals surface area contributed by atoms with E-state index in [9.17, 15) is 10.1 Å². The third kappa shape index (κ3) is 3.91. The number of thioether (sulfide) groups is 1. The number of allylic oxidation sites excluding steroid dienone is 3. The molecular weight excluding hydrogens is 446 g/mol. The van der Waals surface area contributed by atoms with Crippen molar-refractivity contribution in [1.29, 1.82) is 5.26 Å². The molecule has 31 heavy (non-hydrogen) atoms. The summed E-state index contributed by atoms with van der Waals surface area (Å²) in [4.78, 5) is 17.6. The number of carbonyl (C=O) groups excluding carboxylic acids is 1. The van der Waals surface area contributed by atoms with Crippen LogP contribution in [0.1, 0.15) is 44.4 Å². The maximum atomic E-state index is 13.5. The summed E-state index contributed by atoms with van der Waals surface area (Å²) in [5.74, 6) is 0.985. The molecule has 0 fully saturated rings. The number of hydrogen-bond donors (Lipinski definition) is 1. The minimum atomic E-state index is -0.416. The highest BCUT2D eigenvalue weighted by Crippen LogP contribution is 2.52. The SMILES string of the molecule is CCSc1ccsc1C1C(C#N)=C(N)N(c2ccc(Cl)cc2)C2=C1C(=O)CC(C)(C)C2. The minimum Gasteiger partial charge on any atom is -0.384 e. The molecule has 2 heterocycles. The summed E-state index contributed by atoms with van der Waals surface area (Å²) >= 11 is 9.43. The normalized spacial score (nSPS) is 20.7. The molecule has 2 aliphatic rings. The van der Waals surface area contributed by atoms with Crippen LogP contribution in [0.15, 0.2) is 63.3 Å². The van der Waals surface area contributed by atoms with Crippen molar-refractivity contribution in [2.24, 2.45) is 11.1 Å². The average molecular weight is 470 g/mol. The average Bonchev–Trinajstić information content (AvgIpc) is 3.15. The van der Waals surface area contributed by atoms with Crippen molar-refractivity contribution >= 4 is 46.2 Å². The van der Waals surface area contributed by atoms with E-state index in [1.807, 2.05) is 22.4 Å². The van der Waals surface area contributed by atoms with Crippen molar-refractivity contribution in [3.05, 3.63) is 68.3 Å². The van der Waals surface area contributed by atoms with Crippen LogP contribution in [-0.4, -0.2) is 11.5 Å². The first-order valence-electron chi connectivity index (χ1n) is 10.2. The molecular formula is C24H24ClN3OS2. The summed E-state index contributed by atoms with van der Waals surface area (Å²) in [6, 6.07) is 11.8. The molecule has 1 aliphatic heterocycles. The van der Waals surface area contributed by atoms with Crippen molar-refractivity contribution in [2.75, 3.05) is 10.7 Å². The third-order valence-electron chi connectivity index (χ3n) is 5.69. The van der Waals surface area contributed by atoms with Gasteiger partial charge >= 0.3 is 0 Å². The molecule has 0 radical (unpaired) electrons. The molecule has 4 rings (SSSR count). The largest absolute Gasteiger partial charge is 0.384 e. The number of Topliss-reactive ketones (excluding diaryl/α,β-unsaturated/α-hetero) is 1. The lowest BCUT2D eigenvalue weighted by Crippen LogP contribution is -2.42. The Morgan fingerprint density at radius 1 is 1.29 bits per heavy atom. The zero-order valence-corrected chi connectivity index (χ0v) is 20.1. The van der Waals surface area contributed by atoms with Crippen molar-refractivity contribution in [3.8, 4) is 6.07 Å². The second kappa shape index (κ2) is 8.38. The standard InChI is InChI=1S/C24H24ClN3OS2/c1-4-30-19-9-10-31-22(19)20-16(13-26)23(27)28(15-7-5-14(25)6-8-15)17-11-24(2,3)12-18(29)21(17)20/h5-10,20H,4,11-12,27H2,1-3H3. The molecule has 1 aromatic carbocycles. The van der Waals surface area contributed by atoms with Gasteiger partial charge in [0.05, 0.1) is 17.6 Å². The van der Waals surface area contributed by atoms with E-state index < -0.39 is 5.92 Å². The van der Waals surface area contributed by atoms with Crippen LogP contribution in [0.5, 0.6) is 0 Å². The number of thiophene rings is 1. The molecule has 7 heteroatoms. The zero-order valence-electron chi connectivity index (χ0n) is 17.7. The molecule has 1 aliphatic carbocycles. The highest BCUT2D eigenvalue weighted by Gasteiger charge is 2.45. The van der Waals surface area contributed by atoms with Gasteiger partial charge in [0.1, 0.15) is 5.82 Å². The second-order valence-corrected chi connectivity index (χ2v) is 11.2. The summed E-state index contributed by atoms with van der Waals surface area (Å²) in [7, 11) is 0. The molecule has 4 nitrogen and oxygen atoms in total. The fraction of sp³-hybridized carbons (Fsp3) is 0.333. The lowest BCUT2D eigenvalue weighted by Gasteiger charge is -2.43. The van der Waals surface area contributed by atoms with E-state index in [0.29, 0.717) is 34.8 Å². The predicted octanol–water partition coefficient (Wildman–Crippen LogP) is 6.45. The topological polar surface area (TPSA) is 70.1 Å². The summed E-state index contributed by atoms with van der Waals surface area (Å²) in [5.41, 5.74) is 9.32. The van der Waals surface area contributed by atoms with Crippen LogP contribution >= 0.6 is 34.7 Å². The Bertz CT molecular complexity index is 1140. The smallest absolute Gasteiger partial charge is 0.162 e. The van der Waals surface area contributed by atoms with Crippen LogP contribution in [-0.2, 0) is 4.79 Å². The first-order chi connectivity index (χ1) is 14.8. The van der Waals surface area contributed by atoms with Crippen LogP contribution < -0.4 is 10.6 Å². The van der Waals surface area contributed by atoms with E-state index in [0.717, 1.165) is 26.9 Å². The van der Waals surface area contributed by atoms with Crippen LogP contribution in [0.3, 0.4) is 0 Å². The first-order valence-corrected chi connectivity index (χ1v) is 12.4. The fourth-order valence-electron chi connectivity index (χ4n) is 4.45. The van der Waals surface area contributed by atoms with E-state index in [-0.39, 0.29) is 11.2 Å². The maximum Gasteiger partial charge on any atom is 0.162 e. The van der Waals surface area contributed by atoms with E-state index in [2.05, 4.69) is 32.9 Å². The number of hydrogen-bond acceptors (Lipinski definition) is 6. The van der Waals surface area contributed by atoms with Gasteiger partial charge < -0.3 is 5.73 Å². The van der Waals surface area contributed by atoms with Gasteiger partial charge in [-0.15, -0.1) is 23.1 Å². The third-order valence-corrected chi connectivity index (χ3v) is 8.00. The molecule has 0 saturated carbocycles. The Balaban J connectivity index is 1.98. The minimum absolute atomic E-state index is 0.0938. The van der Waals surface area contributed by atoms with E-state index >= 15 is 0 Å². The summed E-state index contributed by atoms with van der Waals surface area (Å²) in [5, 5.41) is 12.8. The number of benzene rings is 1. The Hall–Kier alpha value is -2.20. The molecule has 2 aromatic rings. The zero-order chi connectivity index (χ0) is 22.3. The number of halogens is 1. The highest BCUT2D eigenvalue weighted by molar-refractivity contribution is 7.99. The Morgan fingerprint density at radius 2 is 2.00 bits per heavy atom. The van der Waals surface area contributed by atoms with Crippen LogP contribution in [0.25, 0.3) is 0 Å². The van der Waals surface area contributed by atoms with Crippen molar-refractivity contribution < 1.29 is 4.79 Å². The predicted molar refractivity (Wildman–Crippen MR) is 129 cm³/mol. The fourth-order valence-corrected chi connectivity index (χ4v) is 6.63. The Morgan fingerprint density at radius 3 is 2.65 bits per heavy atom. The van der Waals surface area contributed by atoms with Gasteiger partial charge in [-0.2, -0.15) is 5.26 Å². The number of carbonyl (C=O) groups is 1. The number of anilines is 1. The molecule has 2 N–H and O–H groups in total. The summed E-state index contributed by atoms with van der Waals surface area (Å²) in [6.45, 7) is 6.31. The van der Waals surface area contributed by atoms with Gasteiger partial charge in [0, 0.05) is 38.2 Å². The number of ketones is 1. The molecule has 1 unspecified atom stereocenters. The van der Waals surface area contributed by atoms with Gasteiger partial charge in [0.15, 0.2) is 5.78 Å².